The predicted octanol–water partition coefficient (Wildman–Crippen LogP) is 13.2. The summed E-state index contributed by atoms with van der Waals surface area (Å²) in [4.78, 5) is 26.4. The Hall–Kier alpha value is -1.37. The van der Waals surface area contributed by atoms with Crippen LogP contribution >= 0.6 is 0 Å². The predicted molar refractivity (Wildman–Crippen MR) is 246 cm³/mol. The first-order valence-corrected chi connectivity index (χ1v) is 29.5. The van der Waals surface area contributed by atoms with Crippen LogP contribution in [0.25, 0.3) is 0 Å². The summed E-state index contributed by atoms with van der Waals surface area (Å²) in [5.41, 5.74) is 3.95. The Morgan fingerprint density at radius 1 is 0.932 bits per heavy atom. The summed E-state index contributed by atoms with van der Waals surface area (Å²) >= 11 is 0. The van der Waals surface area contributed by atoms with Gasteiger partial charge in [-0.3, -0.25) is 9.59 Å². The maximum absolute atomic E-state index is 13.8. The largest absolute Gasteiger partial charge is 0.462 e. The van der Waals surface area contributed by atoms with Crippen molar-refractivity contribution in [2.75, 3.05) is 13.2 Å². The zero-order valence-electron chi connectivity index (χ0n) is 40.2. The third-order valence-corrected chi connectivity index (χ3v) is 25.9. The highest BCUT2D eigenvalue weighted by Gasteiger charge is 2.62. The molecule has 0 amide bonds. The van der Waals surface area contributed by atoms with Gasteiger partial charge < -0.3 is 23.1 Å². The molecule has 0 aromatic rings. The molecule has 0 aromatic carbocycles. The van der Waals surface area contributed by atoms with Gasteiger partial charge in [-0.05, 0) is 135 Å². The molecule has 4 aliphatic carbocycles. The average Bonchev–Trinajstić information content (AvgIpc) is 3.62. The van der Waals surface area contributed by atoms with Crippen LogP contribution in [0.5, 0.6) is 0 Å². The SMILES string of the molecule is C=C1/C(=C\C=C2/CCC[C@]3(C)[C@@H]([C@H](C)C(CC(=O)CCC4(C5(CCCC)OCCO5)CC4)OC(C)=O)CC[C@@H]23)C[C@@H](O[Si](C)(C)C(C)(C)C)C[C@@H]1O[Si](C)(C)C(C)(C)C. The second kappa shape index (κ2) is 18.4. The minimum atomic E-state index is -2.05. The molecular weight excluding hydrogens is 769 g/mol. The molecule has 0 N–H and O–H groups in total. The van der Waals surface area contributed by atoms with E-state index in [4.69, 9.17) is 29.6 Å². The van der Waals surface area contributed by atoms with Gasteiger partial charge in [0.1, 0.15) is 11.9 Å². The number of unbranched alkanes of at least 4 members (excludes halogenated alkanes) is 1. The third kappa shape index (κ3) is 10.7. The molecule has 5 aliphatic rings. The summed E-state index contributed by atoms with van der Waals surface area (Å²) in [6.45, 7) is 37.7. The van der Waals surface area contributed by atoms with Crippen LogP contribution in [0, 0.1) is 28.6 Å². The summed E-state index contributed by atoms with van der Waals surface area (Å²) in [5.74, 6) is 0.268. The van der Waals surface area contributed by atoms with Crippen LogP contribution in [0.1, 0.15) is 166 Å². The number of ether oxygens (including phenoxy) is 3. The lowest BCUT2D eigenvalue weighted by Crippen LogP contribution is -2.49. The van der Waals surface area contributed by atoms with Gasteiger partial charge in [0, 0.05) is 38.0 Å². The van der Waals surface area contributed by atoms with Gasteiger partial charge in [0.05, 0.1) is 25.4 Å². The van der Waals surface area contributed by atoms with Gasteiger partial charge >= 0.3 is 5.97 Å². The van der Waals surface area contributed by atoms with Gasteiger partial charge in [-0.15, -0.1) is 0 Å². The normalized spacial score (nSPS) is 31.0. The number of carbonyl (C=O) groups is 2. The van der Waals surface area contributed by atoms with Gasteiger partial charge in [-0.2, -0.15) is 0 Å². The van der Waals surface area contributed by atoms with E-state index in [1.165, 1.54) is 18.1 Å². The Morgan fingerprint density at radius 2 is 1.56 bits per heavy atom. The molecule has 1 unspecified atom stereocenters. The Labute approximate surface area is 362 Å². The van der Waals surface area contributed by atoms with Crippen molar-refractivity contribution in [2.24, 2.45) is 28.6 Å². The van der Waals surface area contributed by atoms with Crippen molar-refractivity contribution in [3.8, 4) is 0 Å². The maximum Gasteiger partial charge on any atom is 0.302 e. The van der Waals surface area contributed by atoms with Crippen LogP contribution in [-0.2, 0) is 32.7 Å². The van der Waals surface area contributed by atoms with E-state index in [1.807, 2.05) is 0 Å². The molecule has 1 saturated heterocycles. The summed E-state index contributed by atoms with van der Waals surface area (Å²) in [5, 5.41) is 0.234. The average molecular weight is 855 g/mol. The zero-order valence-corrected chi connectivity index (χ0v) is 42.2. The molecule has 7 atom stereocenters. The fourth-order valence-corrected chi connectivity index (χ4v) is 13.6. The number of esters is 1. The van der Waals surface area contributed by atoms with Gasteiger partial charge in [0.25, 0.3) is 0 Å². The smallest absolute Gasteiger partial charge is 0.302 e. The summed E-state index contributed by atoms with van der Waals surface area (Å²) in [6.07, 6.45) is 18.5. The summed E-state index contributed by atoms with van der Waals surface area (Å²) in [6, 6.07) is 0. The number of hydrogen-bond donors (Lipinski definition) is 0. The highest BCUT2D eigenvalue weighted by Crippen LogP contribution is 2.63. The second-order valence-corrected chi connectivity index (χ2v) is 32.5. The van der Waals surface area contributed by atoms with Crippen LogP contribution < -0.4 is 0 Å². The number of ketones is 1. The first kappa shape index (κ1) is 48.7. The van der Waals surface area contributed by atoms with Crippen molar-refractivity contribution in [1.29, 1.82) is 0 Å². The fourth-order valence-electron chi connectivity index (χ4n) is 11.0. The van der Waals surface area contributed by atoms with E-state index < -0.39 is 28.5 Å². The topological polar surface area (TPSA) is 80.3 Å². The minimum Gasteiger partial charge on any atom is -0.462 e. The Balaban J connectivity index is 1.32. The minimum absolute atomic E-state index is 0.0420. The molecule has 0 bridgehead atoms. The molecule has 0 aromatic heterocycles. The molecule has 9 heteroatoms. The van der Waals surface area contributed by atoms with Crippen molar-refractivity contribution in [2.45, 2.75) is 226 Å². The van der Waals surface area contributed by atoms with Crippen molar-refractivity contribution in [1.82, 2.24) is 0 Å². The van der Waals surface area contributed by atoms with E-state index in [2.05, 4.69) is 101 Å². The van der Waals surface area contributed by atoms with Gasteiger partial charge in [-0.1, -0.05) is 93.0 Å². The monoisotopic (exact) mass is 855 g/mol. The zero-order chi connectivity index (χ0) is 43.8. The van der Waals surface area contributed by atoms with E-state index in [-0.39, 0.29) is 57.2 Å². The van der Waals surface area contributed by atoms with Crippen LogP contribution in [0.4, 0.5) is 0 Å². The lowest BCUT2D eigenvalue weighted by molar-refractivity contribution is -0.213. The van der Waals surface area contributed by atoms with Gasteiger partial charge in [0.15, 0.2) is 22.4 Å². The highest BCUT2D eigenvalue weighted by atomic mass is 28.4. The van der Waals surface area contributed by atoms with Crippen LogP contribution in [-0.4, -0.2) is 65.7 Å². The van der Waals surface area contributed by atoms with Gasteiger partial charge in [0.2, 0.25) is 0 Å². The van der Waals surface area contributed by atoms with Crippen LogP contribution in [0.2, 0.25) is 36.3 Å². The fraction of sp³-hybridized carbons (Fsp3) is 0.840. The highest BCUT2D eigenvalue weighted by molar-refractivity contribution is 6.74. The molecular formula is C50H86O7Si2. The summed E-state index contributed by atoms with van der Waals surface area (Å²) in [7, 11) is -4.06. The van der Waals surface area contributed by atoms with E-state index in [0.29, 0.717) is 31.5 Å². The number of fused-ring (bicyclic) bond motifs is 1. The summed E-state index contributed by atoms with van der Waals surface area (Å²) < 4.78 is 33.0. The standard InChI is InChI=1S/C50H86O7Si2/c1-16-17-26-50(53-30-31-54-50)49(28-29-49)27-24-40(52)33-44(55-37(4)51)36(3)42-22-23-43-38(19-18-25-48(42,43)11)20-21-39-32-41(56-58(12,13)46(5,6)7)34-45(35(39)2)57-59(14,15)47(8,9)10/h20-21,36,41-45H,2,16-19,22-34H2,1,3-15H3/b38-20+,39-21-/t36-,41+,42+,43-,44?,45-,48+/m0/s1. The van der Waals surface area contributed by atoms with E-state index >= 15 is 0 Å². The van der Waals surface area contributed by atoms with E-state index in [1.54, 1.807) is 0 Å². The van der Waals surface area contributed by atoms with Crippen molar-refractivity contribution in [3.05, 3.63) is 35.5 Å². The Morgan fingerprint density at radius 3 is 2.14 bits per heavy atom. The molecule has 1 aliphatic heterocycles. The van der Waals surface area contributed by atoms with Gasteiger partial charge in [-0.25, -0.2) is 0 Å². The van der Waals surface area contributed by atoms with Crippen LogP contribution in [0.15, 0.2) is 35.5 Å². The molecule has 0 spiro atoms. The first-order valence-electron chi connectivity index (χ1n) is 23.7. The number of hydrogen-bond acceptors (Lipinski definition) is 7. The first-order chi connectivity index (χ1) is 27.3. The van der Waals surface area contributed by atoms with Crippen molar-refractivity contribution in [3.63, 3.8) is 0 Å². The van der Waals surface area contributed by atoms with E-state index in [0.717, 1.165) is 89.0 Å². The van der Waals surface area contributed by atoms with Crippen LogP contribution in [0.3, 0.4) is 0 Å². The van der Waals surface area contributed by atoms with Crippen molar-refractivity contribution >= 4 is 28.4 Å². The van der Waals surface area contributed by atoms with E-state index in [9.17, 15) is 9.59 Å². The third-order valence-electron chi connectivity index (χ3n) is 16.9. The second-order valence-electron chi connectivity index (χ2n) is 22.9. The number of rotatable bonds is 17. The number of Topliss-reactive ketones (excluding diaryl/α,β-unsaturated/α-hetero) is 1. The molecule has 4 saturated carbocycles. The molecule has 336 valence electrons. The molecule has 0 radical (unpaired) electrons. The Kier molecular flexibility index (Phi) is 15.2. The lowest BCUT2D eigenvalue weighted by Gasteiger charge is -2.46. The molecule has 7 nitrogen and oxygen atoms in total. The molecule has 5 fully saturated rings. The number of allylic oxidation sites excluding steroid dienone is 3. The molecule has 1 heterocycles. The molecule has 5 rings (SSSR count). The maximum atomic E-state index is 13.8. The number of carbonyl (C=O) groups excluding carboxylic acids is 2. The Bertz CT molecular complexity index is 1570. The lowest BCUT2D eigenvalue weighted by atomic mass is 9.60. The van der Waals surface area contributed by atoms with Crippen molar-refractivity contribution < 1.29 is 32.7 Å². The molecule has 59 heavy (non-hydrogen) atoms. The quantitative estimate of drug-likeness (QED) is 0.106.